The van der Waals surface area contributed by atoms with E-state index >= 15 is 0 Å². The van der Waals surface area contributed by atoms with Gasteiger partial charge in [-0.1, -0.05) is 12.1 Å². The predicted molar refractivity (Wildman–Crippen MR) is 76.4 cm³/mol. The maximum Gasteiger partial charge on any atom is 0.123 e. The molecule has 0 atom stereocenters. The molecule has 0 saturated carbocycles. The summed E-state index contributed by atoms with van der Waals surface area (Å²) < 4.78 is 13.1. The van der Waals surface area contributed by atoms with Gasteiger partial charge in [-0.2, -0.15) is 0 Å². The van der Waals surface area contributed by atoms with E-state index in [1.807, 2.05) is 6.07 Å². The lowest BCUT2D eigenvalue weighted by atomic mass is 10.1. The highest BCUT2D eigenvalue weighted by Gasteiger charge is 2.15. The summed E-state index contributed by atoms with van der Waals surface area (Å²) in [6.07, 6.45) is 2.21. The molecular formula is C15H24FN3. The van der Waals surface area contributed by atoms with Crippen molar-refractivity contribution in [2.24, 2.45) is 5.73 Å². The molecule has 2 rings (SSSR count). The van der Waals surface area contributed by atoms with Gasteiger partial charge >= 0.3 is 0 Å². The van der Waals surface area contributed by atoms with Crippen LogP contribution < -0.4 is 5.73 Å². The molecular weight excluding hydrogens is 241 g/mol. The van der Waals surface area contributed by atoms with Gasteiger partial charge in [0, 0.05) is 25.7 Å². The summed E-state index contributed by atoms with van der Waals surface area (Å²) >= 11 is 0. The quantitative estimate of drug-likeness (QED) is 0.879. The van der Waals surface area contributed by atoms with E-state index in [-0.39, 0.29) is 5.82 Å². The van der Waals surface area contributed by atoms with Crippen molar-refractivity contribution < 1.29 is 4.39 Å². The van der Waals surface area contributed by atoms with E-state index in [9.17, 15) is 4.39 Å². The van der Waals surface area contributed by atoms with Crippen LogP contribution in [0.1, 0.15) is 18.4 Å². The van der Waals surface area contributed by atoms with Crippen molar-refractivity contribution in [3.63, 3.8) is 0 Å². The summed E-state index contributed by atoms with van der Waals surface area (Å²) in [6, 6.07) is 7.22. The number of piperidine rings is 1. The third-order valence-corrected chi connectivity index (χ3v) is 3.77. The van der Waals surface area contributed by atoms with Crippen molar-refractivity contribution in [1.82, 2.24) is 9.80 Å². The molecule has 1 aromatic rings. The molecule has 106 valence electrons. The Bertz CT molecular complexity index is 389. The zero-order valence-electron chi connectivity index (χ0n) is 11.7. The van der Waals surface area contributed by atoms with Crippen LogP contribution in [0.2, 0.25) is 0 Å². The van der Waals surface area contributed by atoms with Crippen LogP contribution in [-0.4, -0.2) is 49.1 Å². The van der Waals surface area contributed by atoms with Gasteiger partial charge in [-0.05, 0) is 50.7 Å². The van der Waals surface area contributed by atoms with E-state index in [4.69, 9.17) is 5.73 Å². The van der Waals surface area contributed by atoms with E-state index < -0.39 is 0 Å². The summed E-state index contributed by atoms with van der Waals surface area (Å²) in [5.74, 6) is -0.157. The van der Waals surface area contributed by atoms with Crippen molar-refractivity contribution in [2.45, 2.75) is 25.4 Å². The fourth-order valence-electron chi connectivity index (χ4n) is 2.51. The Balaban J connectivity index is 1.71. The number of rotatable bonds is 5. The zero-order valence-corrected chi connectivity index (χ0v) is 11.7. The van der Waals surface area contributed by atoms with Crippen LogP contribution in [0.3, 0.4) is 0 Å². The smallest absolute Gasteiger partial charge is 0.123 e. The molecule has 1 aliphatic heterocycles. The maximum atomic E-state index is 13.1. The molecule has 0 radical (unpaired) electrons. The van der Waals surface area contributed by atoms with Crippen LogP contribution in [0.4, 0.5) is 4.39 Å². The highest BCUT2D eigenvalue weighted by Crippen LogP contribution is 2.09. The van der Waals surface area contributed by atoms with Crippen LogP contribution in [0.15, 0.2) is 24.3 Å². The second-order valence-electron chi connectivity index (χ2n) is 5.55. The number of likely N-dealkylation sites (N-methyl/N-ethyl adjacent to an activating group) is 1. The molecule has 3 nitrogen and oxygen atoms in total. The number of hydrogen-bond donors (Lipinski definition) is 1. The minimum absolute atomic E-state index is 0.157. The van der Waals surface area contributed by atoms with Gasteiger partial charge in [0.15, 0.2) is 0 Å². The normalized spacial score (nSPS) is 18.1. The lowest BCUT2D eigenvalue weighted by molar-refractivity contribution is 0.183. The molecule has 0 aromatic heterocycles. The summed E-state index contributed by atoms with van der Waals surface area (Å²) in [7, 11) is 2.08. The third kappa shape index (κ3) is 4.90. The van der Waals surface area contributed by atoms with Gasteiger partial charge in [-0.25, -0.2) is 4.39 Å². The van der Waals surface area contributed by atoms with Crippen molar-refractivity contribution in [3.05, 3.63) is 35.6 Å². The molecule has 1 saturated heterocycles. The van der Waals surface area contributed by atoms with Crippen molar-refractivity contribution >= 4 is 0 Å². The van der Waals surface area contributed by atoms with E-state index in [2.05, 4.69) is 16.8 Å². The summed E-state index contributed by atoms with van der Waals surface area (Å²) in [4.78, 5) is 4.70. The number of benzene rings is 1. The van der Waals surface area contributed by atoms with Gasteiger partial charge in [0.2, 0.25) is 0 Å². The third-order valence-electron chi connectivity index (χ3n) is 3.77. The van der Waals surface area contributed by atoms with Crippen LogP contribution in [-0.2, 0) is 6.54 Å². The molecule has 1 fully saturated rings. The average Bonchev–Trinajstić information content (AvgIpc) is 2.38. The molecule has 2 N–H and O–H groups in total. The first-order chi connectivity index (χ1) is 9.13. The molecule has 4 heteroatoms. The van der Waals surface area contributed by atoms with E-state index in [1.165, 1.54) is 6.07 Å². The molecule has 1 aromatic carbocycles. The molecule has 0 spiro atoms. The van der Waals surface area contributed by atoms with Crippen LogP contribution in [0.5, 0.6) is 0 Å². The molecule has 0 bridgehead atoms. The fourth-order valence-corrected chi connectivity index (χ4v) is 2.51. The van der Waals surface area contributed by atoms with E-state index in [1.54, 1.807) is 12.1 Å². The number of likely N-dealkylation sites (tertiary alicyclic amines) is 1. The maximum absolute atomic E-state index is 13.1. The van der Waals surface area contributed by atoms with Gasteiger partial charge in [0.05, 0.1) is 0 Å². The lowest BCUT2D eigenvalue weighted by Gasteiger charge is -2.31. The van der Waals surface area contributed by atoms with Gasteiger partial charge < -0.3 is 15.5 Å². The minimum atomic E-state index is -0.157. The molecule has 0 aliphatic carbocycles. The van der Waals surface area contributed by atoms with Crippen LogP contribution in [0.25, 0.3) is 0 Å². The Labute approximate surface area is 115 Å². The molecule has 0 unspecified atom stereocenters. The molecule has 0 amide bonds. The van der Waals surface area contributed by atoms with Crippen molar-refractivity contribution in [1.29, 1.82) is 0 Å². The zero-order chi connectivity index (χ0) is 13.7. The Kier molecular flexibility index (Phi) is 5.31. The Morgan fingerprint density at radius 2 is 2.11 bits per heavy atom. The average molecular weight is 265 g/mol. The number of hydrogen-bond acceptors (Lipinski definition) is 3. The summed E-state index contributed by atoms with van der Waals surface area (Å²) in [6.45, 7) is 5.08. The number of nitrogens with two attached hydrogens (primary N) is 1. The van der Waals surface area contributed by atoms with Gasteiger partial charge in [0.25, 0.3) is 0 Å². The highest BCUT2D eigenvalue weighted by molar-refractivity contribution is 5.15. The standard InChI is InChI=1S/C15H24FN3/c1-18(12-13-3-2-4-14(16)11-13)9-10-19-7-5-15(17)6-8-19/h2-4,11,15H,5-10,12,17H2,1H3. The van der Waals surface area contributed by atoms with Crippen molar-refractivity contribution in [3.8, 4) is 0 Å². The second-order valence-corrected chi connectivity index (χ2v) is 5.55. The van der Waals surface area contributed by atoms with Crippen molar-refractivity contribution in [2.75, 3.05) is 33.2 Å². The first-order valence-electron chi connectivity index (χ1n) is 7.04. The molecule has 19 heavy (non-hydrogen) atoms. The predicted octanol–water partition coefficient (Wildman–Crippen LogP) is 1.68. The monoisotopic (exact) mass is 265 g/mol. The van der Waals surface area contributed by atoms with E-state index in [0.717, 1.165) is 51.1 Å². The second kappa shape index (κ2) is 6.98. The Morgan fingerprint density at radius 1 is 1.37 bits per heavy atom. The van der Waals surface area contributed by atoms with Gasteiger partial charge in [0.1, 0.15) is 5.82 Å². The van der Waals surface area contributed by atoms with Gasteiger partial charge in [-0.3, -0.25) is 0 Å². The topological polar surface area (TPSA) is 32.5 Å². The van der Waals surface area contributed by atoms with E-state index in [0.29, 0.717) is 6.04 Å². The van der Waals surface area contributed by atoms with Crippen LogP contribution >= 0.6 is 0 Å². The Hall–Kier alpha value is -0.970. The fraction of sp³-hybridized carbons (Fsp3) is 0.600. The number of nitrogens with zero attached hydrogens (tertiary/aromatic N) is 2. The highest BCUT2D eigenvalue weighted by atomic mass is 19.1. The largest absolute Gasteiger partial charge is 0.328 e. The minimum Gasteiger partial charge on any atom is -0.328 e. The Morgan fingerprint density at radius 3 is 2.79 bits per heavy atom. The lowest BCUT2D eigenvalue weighted by Crippen LogP contribution is -2.42. The first-order valence-corrected chi connectivity index (χ1v) is 7.04. The number of halogens is 1. The van der Waals surface area contributed by atoms with Gasteiger partial charge in [-0.15, -0.1) is 0 Å². The first kappa shape index (κ1) is 14.4. The molecule has 1 aliphatic rings. The SMILES string of the molecule is CN(CCN1CCC(N)CC1)Cc1cccc(F)c1. The summed E-state index contributed by atoms with van der Waals surface area (Å²) in [5.41, 5.74) is 6.93. The summed E-state index contributed by atoms with van der Waals surface area (Å²) in [5, 5.41) is 0. The van der Waals surface area contributed by atoms with Crippen LogP contribution in [0, 0.1) is 5.82 Å². The molecule has 1 heterocycles.